The van der Waals surface area contributed by atoms with Gasteiger partial charge in [-0.3, -0.25) is 0 Å². The second kappa shape index (κ2) is 7.30. The van der Waals surface area contributed by atoms with Gasteiger partial charge >= 0.3 is 6.92 Å². The predicted octanol–water partition coefficient (Wildman–Crippen LogP) is 7.69. The summed E-state index contributed by atoms with van der Waals surface area (Å²) in [5.41, 5.74) is 8.85. The van der Waals surface area contributed by atoms with Gasteiger partial charge in [-0.05, 0) is 57.9 Å². The number of rotatable bonds is 1. The maximum absolute atomic E-state index is 6.89. The van der Waals surface area contributed by atoms with Crippen molar-refractivity contribution in [3.05, 3.63) is 122 Å². The first-order chi connectivity index (χ1) is 18.8. The summed E-state index contributed by atoms with van der Waals surface area (Å²) < 4.78 is 13.0. The summed E-state index contributed by atoms with van der Waals surface area (Å²) in [4.78, 5) is 2.41. The lowest BCUT2D eigenvalue weighted by Gasteiger charge is -2.40. The van der Waals surface area contributed by atoms with E-state index in [9.17, 15) is 0 Å². The van der Waals surface area contributed by atoms with E-state index in [1.807, 2.05) is 6.07 Å². The van der Waals surface area contributed by atoms with Gasteiger partial charge in [0.1, 0.15) is 11.3 Å². The molecule has 3 heterocycles. The smallest absolute Gasteiger partial charge is 0.432 e. The van der Waals surface area contributed by atoms with Crippen LogP contribution in [0.5, 0.6) is 5.75 Å². The van der Waals surface area contributed by atoms with Crippen LogP contribution in [0.25, 0.3) is 43.6 Å². The fourth-order valence-corrected chi connectivity index (χ4v) is 6.47. The molecule has 0 aliphatic carbocycles. The summed E-state index contributed by atoms with van der Waals surface area (Å²) in [5, 5.41) is 5.94. The Balaban J connectivity index is 1.45. The number of benzene rings is 6. The van der Waals surface area contributed by atoms with Gasteiger partial charge in [0.05, 0.1) is 6.26 Å². The van der Waals surface area contributed by atoms with Gasteiger partial charge in [-0.2, -0.15) is 0 Å². The average Bonchev–Trinajstić information content (AvgIpc) is 3.45. The molecule has 0 unspecified atom stereocenters. The van der Waals surface area contributed by atoms with Crippen molar-refractivity contribution in [1.82, 2.24) is 0 Å². The van der Waals surface area contributed by atoms with E-state index in [4.69, 9.17) is 9.07 Å². The van der Waals surface area contributed by atoms with E-state index in [1.165, 1.54) is 27.0 Å². The van der Waals surface area contributed by atoms with Crippen LogP contribution >= 0.6 is 0 Å². The highest BCUT2D eigenvalue weighted by Gasteiger charge is 2.44. The molecule has 4 heteroatoms. The van der Waals surface area contributed by atoms with Crippen molar-refractivity contribution in [2.75, 3.05) is 4.90 Å². The lowest BCUT2D eigenvalue weighted by atomic mass is 9.48. The molecule has 0 spiro atoms. The van der Waals surface area contributed by atoms with Crippen LogP contribution in [-0.2, 0) is 0 Å². The Morgan fingerprint density at radius 2 is 1.37 bits per heavy atom. The van der Waals surface area contributed by atoms with Crippen molar-refractivity contribution in [1.29, 1.82) is 0 Å². The van der Waals surface area contributed by atoms with Gasteiger partial charge in [-0.15, -0.1) is 0 Å². The molecule has 176 valence electrons. The SMILES string of the molecule is c1ccc2c(c1)OB1c3c(cc4ccoc4c3-2)N(c2ccc3ccccc3c2)c2ccc3ccccc3c21. The number of furan rings is 1. The Labute approximate surface area is 219 Å². The third kappa shape index (κ3) is 2.59. The molecule has 0 amide bonds. The largest absolute Gasteiger partial charge is 0.551 e. The first kappa shape index (κ1) is 20.1. The molecule has 6 aromatic carbocycles. The molecule has 0 saturated carbocycles. The number of anilines is 3. The van der Waals surface area contributed by atoms with Crippen LogP contribution in [-0.4, -0.2) is 6.92 Å². The Morgan fingerprint density at radius 3 is 2.32 bits per heavy atom. The van der Waals surface area contributed by atoms with Crippen molar-refractivity contribution in [3.63, 3.8) is 0 Å². The summed E-state index contributed by atoms with van der Waals surface area (Å²) >= 11 is 0. The number of hydrogen-bond donors (Lipinski definition) is 0. The number of hydrogen-bond acceptors (Lipinski definition) is 3. The minimum absolute atomic E-state index is 0.248. The van der Waals surface area contributed by atoms with Gasteiger partial charge in [0, 0.05) is 44.5 Å². The molecular formula is C34H20BNO2. The zero-order valence-electron chi connectivity index (χ0n) is 20.4. The fraction of sp³-hybridized carbons (Fsp3) is 0. The summed E-state index contributed by atoms with van der Waals surface area (Å²) in [6.07, 6.45) is 1.79. The molecule has 0 fully saturated rings. The molecule has 1 aromatic heterocycles. The van der Waals surface area contributed by atoms with E-state index in [-0.39, 0.29) is 6.92 Å². The van der Waals surface area contributed by atoms with Gasteiger partial charge in [-0.1, -0.05) is 78.9 Å². The van der Waals surface area contributed by atoms with Crippen molar-refractivity contribution in [3.8, 4) is 16.9 Å². The zero-order chi connectivity index (χ0) is 24.8. The monoisotopic (exact) mass is 485 g/mol. The van der Waals surface area contributed by atoms with Gasteiger partial charge in [0.25, 0.3) is 0 Å². The first-order valence-corrected chi connectivity index (χ1v) is 13.0. The Bertz CT molecular complexity index is 2090. The van der Waals surface area contributed by atoms with Crippen LogP contribution < -0.4 is 20.5 Å². The molecular weight excluding hydrogens is 465 g/mol. The third-order valence-corrected chi connectivity index (χ3v) is 8.11. The minimum atomic E-state index is -0.248. The quantitative estimate of drug-likeness (QED) is 0.223. The second-order valence-electron chi connectivity index (χ2n) is 10.1. The minimum Gasteiger partial charge on any atom is -0.551 e. The van der Waals surface area contributed by atoms with Crippen LogP contribution in [0.3, 0.4) is 0 Å². The molecule has 0 bridgehead atoms. The molecule has 38 heavy (non-hydrogen) atoms. The number of nitrogens with zero attached hydrogens (tertiary/aromatic N) is 1. The van der Waals surface area contributed by atoms with Crippen molar-refractivity contribution in [2.24, 2.45) is 0 Å². The molecule has 2 aliphatic rings. The van der Waals surface area contributed by atoms with Crippen LogP contribution in [0.15, 0.2) is 126 Å². The molecule has 0 saturated heterocycles. The van der Waals surface area contributed by atoms with E-state index in [2.05, 4.69) is 114 Å². The van der Waals surface area contributed by atoms with Gasteiger partial charge in [0.15, 0.2) is 0 Å². The maximum Gasteiger partial charge on any atom is 0.432 e. The highest BCUT2D eigenvalue weighted by atomic mass is 16.4. The molecule has 0 atom stereocenters. The zero-order valence-corrected chi connectivity index (χ0v) is 20.4. The third-order valence-electron chi connectivity index (χ3n) is 8.11. The Kier molecular flexibility index (Phi) is 3.87. The summed E-state index contributed by atoms with van der Waals surface area (Å²) in [6.45, 7) is -0.248. The van der Waals surface area contributed by atoms with Crippen molar-refractivity contribution in [2.45, 2.75) is 0 Å². The van der Waals surface area contributed by atoms with Crippen LogP contribution in [0, 0.1) is 0 Å². The van der Waals surface area contributed by atoms with Crippen LogP contribution in [0.2, 0.25) is 0 Å². The molecule has 0 radical (unpaired) electrons. The van der Waals surface area contributed by atoms with E-state index in [0.717, 1.165) is 50.4 Å². The first-order valence-electron chi connectivity index (χ1n) is 13.0. The molecule has 2 aliphatic heterocycles. The van der Waals surface area contributed by atoms with E-state index in [0.29, 0.717) is 0 Å². The molecule has 0 N–H and O–H groups in total. The van der Waals surface area contributed by atoms with Crippen molar-refractivity contribution >= 4 is 67.4 Å². The van der Waals surface area contributed by atoms with E-state index >= 15 is 0 Å². The maximum atomic E-state index is 6.89. The van der Waals surface area contributed by atoms with E-state index < -0.39 is 0 Å². The Hall–Kier alpha value is -4.96. The summed E-state index contributed by atoms with van der Waals surface area (Å²) in [5.74, 6) is 0.887. The summed E-state index contributed by atoms with van der Waals surface area (Å²) in [7, 11) is 0. The average molecular weight is 485 g/mol. The molecule has 9 rings (SSSR count). The van der Waals surface area contributed by atoms with Crippen molar-refractivity contribution < 1.29 is 9.07 Å². The highest BCUT2D eigenvalue weighted by molar-refractivity contribution is 6.87. The van der Waals surface area contributed by atoms with Gasteiger partial charge in [-0.25, -0.2) is 0 Å². The highest BCUT2D eigenvalue weighted by Crippen LogP contribution is 2.47. The second-order valence-corrected chi connectivity index (χ2v) is 10.1. The lowest BCUT2D eigenvalue weighted by molar-refractivity contribution is 0.587. The predicted molar refractivity (Wildman–Crippen MR) is 157 cm³/mol. The topological polar surface area (TPSA) is 25.6 Å². The van der Waals surface area contributed by atoms with Gasteiger partial charge < -0.3 is 14.0 Å². The fourth-order valence-electron chi connectivity index (χ4n) is 6.47. The van der Waals surface area contributed by atoms with Crippen LogP contribution in [0.4, 0.5) is 17.1 Å². The normalized spacial score (nSPS) is 13.4. The standard InChI is InChI=1S/C34H20BNO2/c1-2-9-23-19-25(15-13-21(23)7-1)36-28-16-14-22-8-3-4-10-26(22)32(28)35-33-29(36)20-24-17-18-37-34(24)31(33)27-11-5-6-12-30(27)38-35/h1-20H. The lowest BCUT2D eigenvalue weighted by Crippen LogP contribution is -2.56. The number of para-hydroxylation sites is 1. The van der Waals surface area contributed by atoms with Gasteiger partial charge in [0.2, 0.25) is 0 Å². The van der Waals surface area contributed by atoms with Crippen LogP contribution in [0.1, 0.15) is 0 Å². The Morgan fingerprint density at radius 1 is 0.579 bits per heavy atom. The summed E-state index contributed by atoms with van der Waals surface area (Å²) in [6, 6.07) is 41.0. The van der Waals surface area contributed by atoms with E-state index in [1.54, 1.807) is 6.26 Å². The molecule has 7 aromatic rings. The molecule has 3 nitrogen and oxygen atoms in total. The number of fused-ring (bicyclic) bond motifs is 9.